The molecule has 3 rings (SSSR count). The van der Waals surface area contributed by atoms with Crippen molar-refractivity contribution >= 4 is 22.8 Å². The summed E-state index contributed by atoms with van der Waals surface area (Å²) >= 11 is 0. The molecule has 2 N–H and O–H groups in total. The maximum absolute atomic E-state index is 5.81. The number of nitrogens with zero attached hydrogens (tertiary/aromatic N) is 3. The van der Waals surface area contributed by atoms with Gasteiger partial charge < -0.3 is 20.0 Å². The summed E-state index contributed by atoms with van der Waals surface area (Å²) in [7, 11) is 4.21. The molecule has 0 spiro atoms. The van der Waals surface area contributed by atoms with Crippen LogP contribution in [0.4, 0.5) is 11.7 Å². The molecule has 19 heavy (non-hydrogen) atoms. The van der Waals surface area contributed by atoms with Gasteiger partial charge in [-0.25, -0.2) is 0 Å². The highest BCUT2D eigenvalue weighted by atomic mass is 16.4. The van der Waals surface area contributed by atoms with E-state index in [9.17, 15) is 0 Å². The van der Waals surface area contributed by atoms with E-state index >= 15 is 0 Å². The van der Waals surface area contributed by atoms with E-state index in [0.717, 1.165) is 17.6 Å². The van der Waals surface area contributed by atoms with E-state index < -0.39 is 0 Å². The fourth-order valence-corrected chi connectivity index (χ4v) is 2.69. The molecule has 5 heteroatoms. The van der Waals surface area contributed by atoms with Gasteiger partial charge in [-0.05, 0) is 44.6 Å². The van der Waals surface area contributed by atoms with Crippen LogP contribution in [0.5, 0.6) is 0 Å². The molecule has 1 fully saturated rings. The highest BCUT2D eigenvalue weighted by Crippen LogP contribution is 2.26. The first-order valence-corrected chi connectivity index (χ1v) is 6.71. The lowest BCUT2D eigenvalue weighted by atomic mass is 10.1. The maximum Gasteiger partial charge on any atom is 0.298 e. The van der Waals surface area contributed by atoms with Gasteiger partial charge in [0.25, 0.3) is 6.01 Å². The lowest BCUT2D eigenvalue weighted by Gasteiger charge is -2.34. The number of nitrogen functional groups attached to an aromatic ring is 1. The van der Waals surface area contributed by atoms with Crippen LogP contribution in [0, 0.1) is 0 Å². The number of rotatable bonds is 2. The largest absolute Gasteiger partial charge is 0.423 e. The number of nitrogens with two attached hydrogens (primary N) is 1. The lowest BCUT2D eigenvalue weighted by molar-refractivity contribution is 0.244. The third-order valence-corrected chi connectivity index (χ3v) is 3.85. The van der Waals surface area contributed by atoms with Gasteiger partial charge in [-0.1, -0.05) is 0 Å². The minimum atomic E-state index is 0.462. The molecule has 2 aromatic rings. The van der Waals surface area contributed by atoms with Crippen LogP contribution in [0.15, 0.2) is 22.6 Å². The Kier molecular flexibility index (Phi) is 3.06. The van der Waals surface area contributed by atoms with Crippen LogP contribution in [0.25, 0.3) is 11.1 Å². The van der Waals surface area contributed by atoms with E-state index in [-0.39, 0.29) is 0 Å². The molecule has 0 radical (unpaired) electrons. The smallest absolute Gasteiger partial charge is 0.298 e. The highest BCUT2D eigenvalue weighted by Gasteiger charge is 2.24. The van der Waals surface area contributed by atoms with E-state index in [4.69, 9.17) is 10.2 Å². The van der Waals surface area contributed by atoms with Crippen LogP contribution >= 0.6 is 0 Å². The van der Waals surface area contributed by atoms with Crippen molar-refractivity contribution < 1.29 is 4.42 Å². The summed E-state index contributed by atoms with van der Waals surface area (Å²) in [4.78, 5) is 9.03. The normalized spacial score (nSPS) is 20.8. The summed E-state index contributed by atoms with van der Waals surface area (Å²) in [5, 5.41) is 0. The molecule has 1 unspecified atom stereocenters. The maximum atomic E-state index is 5.81. The molecule has 1 atom stereocenters. The van der Waals surface area contributed by atoms with Crippen molar-refractivity contribution in [3.63, 3.8) is 0 Å². The number of hydrogen-bond donors (Lipinski definition) is 1. The molecule has 102 valence electrons. The van der Waals surface area contributed by atoms with Crippen LogP contribution in [0.3, 0.4) is 0 Å². The van der Waals surface area contributed by atoms with Crippen molar-refractivity contribution in [3.05, 3.63) is 18.2 Å². The van der Waals surface area contributed by atoms with Gasteiger partial charge in [0, 0.05) is 25.3 Å². The number of fused-ring (bicyclic) bond motifs is 1. The van der Waals surface area contributed by atoms with Crippen LogP contribution in [-0.2, 0) is 0 Å². The van der Waals surface area contributed by atoms with Crippen molar-refractivity contribution in [3.8, 4) is 0 Å². The minimum absolute atomic E-state index is 0.462. The summed E-state index contributed by atoms with van der Waals surface area (Å²) in [5.74, 6) is 0. The lowest BCUT2D eigenvalue weighted by Crippen LogP contribution is -2.45. The molecule has 5 nitrogen and oxygen atoms in total. The number of oxazole rings is 1. The van der Waals surface area contributed by atoms with E-state index in [0.29, 0.717) is 17.7 Å². The summed E-state index contributed by atoms with van der Waals surface area (Å²) in [5.41, 5.74) is 8.10. The molecule has 1 saturated heterocycles. The number of likely N-dealkylation sites (tertiary alicyclic amines) is 1. The highest BCUT2D eigenvalue weighted by molar-refractivity contribution is 5.78. The Bertz CT molecular complexity index is 580. The van der Waals surface area contributed by atoms with E-state index in [1.165, 1.54) is 19.4 Å². The summed E-state index contributed by atoms with van der Waals surface area (Å²) in [6.45, 7) is 2.23. The van der Waals surface area contributed by atoms with Gasteiger partial charge in [0.2, 0.25) is 0 Å². The molecule has 1 aromatic heterocycles. The van der Waals surface area contributed by atoms with Crippen LogP contribution in [0.2, 0.25) is 0 Å². The first-order chi connectivity index (χ1) is 9.13. The second kappa shape index (κ2) is 4.74. The summed E-state index contributed by atoms with van der Waals surface area (Å²) in [6.07, 6.45) is 2.40. The van der Waals surface area contributed by atoms with Gasteiger partial charge in [0.15, 0.2) is 5.58 Å². The van der Waals surface area contributed by atoms with E-state index in [2.05, 4.69) is 28.9 Å². The fraction of sp³-hybridized carbons (Fsp3) is 0.500. The van der Waals surface area contributed by atoms with Gasteiger partial charge >= 0.3 is 0 Å². The standard InChI is InChI=1S/C14H20N4O/c1-17-7-3-4-11(9-17)18(2)14-16-12-8-10(15)5-6-13(12)19-14/h5-6,8,11H,3-4,7,9,15H2,1-2H3. The van der Waals surface area contributed by atoms with Crippen molar-refractivity contribution in [1.82, 2.24) is 9.88 Å². The molecular weight excluding hydrogens is 240 g/mol. The number of benzene rings is 1. The Balaban J connectivity index is 1.86. The number of hydrogen-bond acceptors (Lipinski definition) is 5. The third-order valence-electron chi connectivity index (χ3n) is 3.85. The average molecular weight is 260 g/mol. The Morgan fingerprint density at radius 2 is 2.32 bits per heavy atom. The first kappa shape index (κ1) is 12.3. The van der Waals surface area contributed by atoms with Crippen molar-refractivity contribution in [2.24, 2.45) is 0 Å². The molecule has 1 aliphatic rings. The predicted octanol–water partition coefficient (Wildman–Crippen LogP) is 1.94. The van der Waals surface area contributed by atoms with Gasteiger partial charge in [-0.2, -0.15) is 4.98 Å². The Morgan fingerprint density at radius 3 is 3.11 bits per heavy atom. The third kappa shape index (κ3) is 2.38. The fourth-order valence-electron chi connectivity index (χ4n) is 2.69. The molecule has 0 amide bonds. The van der Waals surface area contributed by atoms with Gasteiger partial charge in [-0.15, -0.1) is 0 Å². The second-order valence-electron chi connectivity index (χ2n) is 5.39. The number of piperidine rings is 1. The Hall–Kier alpha value is -1.75. The molecule has 1 aromatic carbocycles. The molecular formula is C14H20N4O. The monoisotopic (exact) mass is 260 g/mol. The van der Waals surface area contributed by atoms with E-state index in [1.54, 1.807) is 0 Å². The summed E-state index contributed by atoms with van der Waals surface area (Å²) < 4.78 is 5.81. The predicted molar refractivity (Wildman–Crippen MR) is 77.3 cm³/mol. The Labute approximate surface area is 113 Å². The zero-order valence-electron chi connectivity index (χ0n) is 11.5. The SMILES string of the molecule is CN1CCCC(N(C)c2nc3cc(N)ccc3o2)C1. The summed E-state index contributed by atoms with van der Waals surface area (Å²) in [6, 6.07) is 6.71. The first-order valence-electron chi connectivity index (χ1n) is 6.71. The Morgan fingerprint density at radius 1 is 1.47 bits per heavy atom. The van der Waals surface area contributed by atoms with Crippen LogP contribution in [0.1, 0.15) is 12.8 Å². The minimum Gasteiger partial charge on any atom is -0.423 e. The van der Waals surface area contributed by atoms with Crippen LogP contribution in [-0.4, -0.2) is 43.1 Å². The van der Waals surface area contributed by atoms with Crippen molar-refractivity contribution in [2.75, 3.05) is 37.8 Å². The number of likely N-dealkylation sites (N-methyl/N-ethyl adjacent to an activating group) is 2. The molecule has 2 heterocycles. The van der Waals surface area contributed by atoms with E-state index in [1.807, 2.05) is 18.2 Å². The number of aromatic nitrogens is 1. The van der Waals surface area contributed by atoms with Crippen molar-refractivity contribution in [2.45, 2.75) is 18.9 Å². The molecule has 1 aliphatic heterocycles. The molecule has 0 saturated carbocycles. The van der Waals surface area contributed by atoms with Crippen molar-refractivity contribution in [1.29, 1.82) is 0 Å². The molecule has 0 bridgehead atoms. The second-order valence-corrected chi connectivity index (χ2v) is 5.39. The average Bonchev–Trinajstić information content (AvgIpc) is 2.80. The zero-order valence-corrected chi connectivity index (χ0v) is 11.5. The quantitative estimate of drug-likeness (QED) is 0.836. The molecule has 0 aliphatic carbocycles. The number of anilines is 2. The zero-order chi connectivity index (χ0) is 13.4. The van der Waals surface area contributed by atoms with Gasteiger partial charge in [0.05, 0.1) is 0 Å². The topological polar surface area (TPSA) is 58.5 Å². The van der Waals surface area contributed by atoms with Gasteiger partial charge in [0.1, 0.15) is 5.52 Å². The van der Waals surface area contributed by atoms with Crippen LogP contribution < -0.4 is 10.6 Å². The van der Waals surface area contributed by atoms with Gasteiger partial charge in [-0.3, -0.25) is 0 Å².